The highest BCUT2D eigenvalue weighted by atomic mass is 35.5. The summed E-state index contributed by atoms with van der Waals surface area (Å²) in [4.78, 5) is 28.3. The fourth-order valence-electron chi connectivity index (χ4n) is 6.21. The Hall–Kier alpha value is -2.02. The van der Waals surface area contributed by atoms with Gasteiger partial charge in [-0.15, -0.1) is 0 Å². The van der Waals surface area contributed by atoms with Crippen LogP contribution in [0.25, 0.3) is 0 Å². The average Bonchev–Trinajstić information content (AvgIpc) is 2.71. The lowest BCUT2D eigenvalue weighted by Crippen LogP contribution is -2.73. The molecular weight excluding hydrogens is 465 g/mol. The van der Waals surface area contributed by atoms with Gasteiger partial charge in [0.1, 0.15) is 5.82 Å². The van der Waals surface area contributed by atoms with Crippen molar-refractivity contribution in [2.24, 2.45) is 16.7 Å². The number of benzene rings is 1. The van der Waals surface area contributed by atoms with Crippen LogP contribution >= 0.6 is 11.6 Å². The molecule has 3 aliphatic rings. The number of rotatable bonds is 3. The minimum Gasteiger partial charge on any atom is -0.337 e. The molecule has 3 atom stereocenters. The molecule has 4 rings (SSSR count). The van der Waals surface area contributed by atoms with Crippen molar-refractivity contribution in [1.82, 2.24) is 9.80 Å². The van der Waals surface area contributed by atoms with Gasteiger partial charge in [-0.2, -0.15) is 0 Å². The fourth-order valence-corrected chi connectivity index (χ4v) is 6.52. The van der Waals surface area contributed by atoms with Gasteiger partial charge in [0.2, 0.25) is 11.8 Å². The number of alkyl halides is 2. The van der Waals surface area contributed by atoms with Crippen molar-refractivity contribution < 1.29 is 22.8 Å². The van der Waals surface area contributed by atoms with Crippen molar-refractivity contribution in [2.45, 2.75) is 64.3 Å². The van der Waals surface area contributed by atoms with Crippen LogP contribution in [-0.2, 0) is 9.59 Å². The molecule has 0 radical (unpaired) electrons. The third kappa shape index (κ3) is 4.25. The molecule has 1 aromatic rings. The maximum Gasteiger partial charge on any atom is 0.274 e. The molecule has 1 saturated carbocycles. The summed E-state index contributed by atoms with van der Waals surface area (Å²) < 4.78 is 44.5. The summed E-state index contributed by atoms with van der Waals surface area (Å²) >= 11 is 6.38. The Balaban J connectivity index is 1.57. The maximum atomic E-state index is 15.4. The zero-order valence-electron chi connectivity index (χ0n) is 19.9. The van der Waals surface area contributed by atoms with Crippen LogP contribution in [0.3, 0.4) is 0 Å². The van der Waals surface area contributed by atoms with Crippen LogP contribution in [0.2, 0.25) is 5.02 Å². The topological polar surface area (TPSA) is 40.6 Å². The summed E-state index contributed by atoms with van der Waals surface area (Å²) in [5, 5.41) is 0.262. The Morgan fingerprint density at radius 1 is 1.18 bits per heavy atom. The molecule has 0 unspecified atom stereocenters. The summed E-state index contributed by atoms with van der Waals surface area (Å²) in [6.45, 7) is 8.76. The van der Waals surface area contributed by atoms with Gasteiger partial charge in [-0.3, -0.25) is 9.59 Å². The van der Waals surface area contributed by atoms with E-state index in [1.807, 2.05) is 0 Å². The molecular formula is C26H32ClF3N2O2. The second-order valence-corrected chi connectivity index (χ2v) is 11.6. The Kier molecular flexibility index (Phi) is 6.33. The molecule has 3 fully saturated rings. The van der Waals surface area contributed by atoms with E-state index in [1.165, 1.54) is 21.9 Å². The molecule has 8 heteroatoms. The molecule has 2 aliphatic heterocycles. The summed E-state index contributed by atoms with van der Waals surface area (Å²) in [5.74, 6) is -4.97. The predicted octanol–water partition coefficient (Wildman–Crippen LogP) is 5.66. The molecule has 2 heterocycles. The number of likely N-dealkylation sites (tertiary alicyclic amines) is 2. The molecule has 4 nitrogen and oxygen atoms in total. The molecule has 2 saturated heterocycles. The second kappa shape index (κ2) is 8.58. The zero-order chi connectivity index (χ0) is 25.1. The highest BCUT2D eigenvalue weighted by Gasteiger charge is 2.65. The smallest absolute Gasteiger partial charge is 0.274 e. The van der Waals surface area contributed by atoms with E-state index in [0.29, 0.717) is 18.4 Å². The molecule has 1 aliphatic carbocycles. The third-order valence-corrected chi connectivity index (χ3v) is 8.52. The summed E-state index contributed by atoms with van der Waals surface area (Å²) in [6.07, 6.45) is 3.28. The van der Waals surface area contributed by atoms with Gasteiger partial charge in [-0.25, -0.2) is 13.2 Å². The first-order valence-corrected chi connectivity index (χ1v) is 12.2. The highest BCUT2D eigenvalue weighted by molar-refractivity contribution is 6.31. The number of amides is 2. The number of nitrogens with zero attached hydrogens (tertiary/aromatic N) is 2. The van der Waals surface area contributed by atoms with Crippen molar-refractivity contribution in [3.05, 3.63) is 47.3 Å². The van der Waals surface area contributed by atoms with E-state index < -0.39 is 29.6 Å². The predicted molar refractivity (Wildman–Crippen MR) is 125 cm³/mol. The Morgan fingerprint density at radius 3 is 2.47 bits per heavy atom. The number of hydrogen-bond donors (Lipinski definition) is 0. The summed E-state index contributed by atoms with van der Waals surface area (Å²) in [6, 6.07) is 3.81. The quantitative estimate of drug-likeness (QED) is 0.507. The monoisotopic (exact) mass is 496 g/mol. The van der Waals surface area contributed by atoms with Gasteiger partial charge >= 0.3 is 0 Å². The number of halogens is 4. The standard InChI is InChI=1S/C26H32ClF3N2O2/c1-5-22(33)31-13-25(14-31)11-16(2)32(15-26(25,29)30)23(34)19-8-9-24(3,4)12-20(19)18-7-6-17(28)10-21(18)27/h5-7,10,16,19-20H,1,8-9,11-15H2,2-4H3/t16-,19+,20-/m0/s1. The molecule has 0 N–H and O–H groups in total. The lowest BCUT2D eigenvalue weighted by Gasteiger charge is -2.59. The van der Waals surface area contributed by atoms with Gasteiger partial charge < -0.3 is 9.80 Å². The van der Waals surface area contributed by atoms with Gasteiger partial charge in [-0.05, 0) is 67.7 Å². The van der Waals surface area contributed by atoms with Crippen molar-refractivity contribution in [3.8, 4) is 0 Å². The first-order chi connectivity index (χ1) is 15.8. The fraction of sp³-hybridized carbons (Fsp3) is 0.615. The summed E-state index contributed by atoms with van der Waals surface area (Å²) in [7, 11) is 0. The molecule has 0 bridgehead atoms. The van der Waals surface area contributed by atoms with E-state index in [-0.39, 0.29) is 53.7 Å². The van der Waals surface area contributed by atoms with Crippen LogP contribution in [0.4, 0.5) is 13.2 Å². The number of carbonyl (C=O) groups excluding carboxylic acids is 2. The van der Waals surface area contributed by atoms with E-state index in [2.05, 4.69) is 20.4 Å². The van der Waals surface area contributed by atoms with Crippen molar-refractivity contribution in [3.63, 3.8) is 0 Å². The lowest BCUT2D eigenvalue weighted by atomic mass is 9.63. The Labute approximate surface area is 204 Å². The first-order valence-electron chi connectivity index (χ1n) is 11.8. The molecule has 2 amide bonds. The molecule has 0 aromatic heterocycles. The second-order valence-electron chi connectivity index (χ2n) is 11.2. The molecule has 1 spiro atoms. The van der Waals surface area contributed by atoms with E-state index >= 15 is 8.78 Å². The number of piperidine rings is 1. The van der Waals surface area contributed by atoms with E-state index in [9.17, 15) is 14.0 Å². The average molecular weight is 497 g/mol. The van der Waals surface area contributed by atoms with Crippen LogP contribution in [0.1, 0.15) is 57.9 Å². The van der Waals surface area contributed by atoms with Crippen LogP contribution in [0.15, 0.2) is 30.9 Å². The molecule has 1 aromatic carbocycles. The normalized spacial score (nSPS) is 29.4. The van der Waals surface area contributed by atoms with E-state index in [1.54, 1.807) is 13.0 Å². The van der Waals surface area contributed by atoms with Gasteiger partial charge in [0.15, 0.2) is 0 Å². The number of carbonyl (C=O) groups is 2. The minimum atomic E-state index is -3.11. The first kappa shape index (κ1) is 25.1. The van der Waals surface area contributed by atoms with Crippen LogP contribution in [0, 0.1) is 22.6 Å². The lowest BCUT2D eigenvalue weighted by molar-refractivity contribution is -0.232. The molecule has 186 valence electrons. The van der Waals surface area contributed by atoms with Crippen LogP contribution in [0.5, 0.6) is 0 Å². The zero-order valence-corrected chi connectivity index (χ0v) is 20.7. The maximum absolute atomic E-state index is 15.4. The van der Waals surface area contributed by atoms with E-state index in [4.69, 9.17) is 11.6 Å². The highest BCUT2D eigenvalue weighted by Crippen LogP contribution is 2.54. The van der Waals surface area contributed by atoms with E-state index in [0.717, 1.165) is 12.5 Å². The number of hydrogen-bond acceptors (Lipinski definition) is 2. The largest absolute Gasteiger partial charge is 0.337 e. The third-order valence-electron chi connectivity index (χ3n) is 8.19. The van der Waals surface area contributed by atoms with Crippen LogP contribution < -0.4 is 0 Å². The summed E-state index contributed by atoms with van der Waals surface area (Å²) in [5.41, 5.74) is -0.663. The van der Waals surface area contributed by atoms with Gasteiger partial charge in [0.05, 0.1) is 12.0 Å². The van der Waals surface area contributed by atoms with Crippen molar-refractivity contribution >= 4 is 23.4 Å². The van der Waals surface area contributed by atoms with Crippen molar-refractivity contribution in [2.75, 3.05) is 19.6 Å². The molecule has 34 heavy (non-hydrogen) atoms. The Bertz CT molecular complexity index is 1010. The van der Waals surface area contributed by atoms with Crippen LogP contribution in [-0.4, -0.2) is 53.2 Å². The van der Waals surface area contributed by atoms with Crippen molar-refractivity contribution in [1.29, 1.82) is 0 Å². The SMILES string of the molecule is C=CC(=O)N1CC2(C[C@H](C)N(C(=O)[C@@H]3CCC(C)(C)C[C@H]3c3ccc(F)cc3Cl)CC2(F)F)C1. The van der Waals surface area contributed by atoms with Gasteiger partial charge in [0, 0.05) is 30.1 Å². The minimum absolute atomic E-state index is 0.0251. The van der Waals surface area contributed by atoms with Gasteiger partial charge in [0.25, 0.3) is 5.92 Å². The van der Waals surface area contributed by atoms with Gasteiger partial charge in [-0.1, -0.05) is 38.1 Å². The Morgan fingerprint density at radius 2 is 1.85 bits per heavy atom.